The van der Waals surface area contributed by atoms with E-state index in [0.717, 1.165) is 24.1 Å². The van der Waals surface area contributed by atoms with Crippen LogP contribution in [0.15, 0.2) is 29.6 Å². The largest absolute Gasteiger partial charge is 0.459 e. The number of nitrogens with zero attached hydrogens (tertiary/aromatic N) is 1. The molecule has 0 unspecified atom stereocenters. The highest BCUT2D eigenvalue weighted by Gasteiger charge is 2.10. The molecule has 1 N–H and O–H groups in total. The molecule has 0 fully saturated rings. The van der Waals surface area contributed by atoms with Crippen molar-refractivity contribution in [2.24, 2.45) is 0 Å². The number of hydrogen-bond acceptors (Lipinski definition) is 5. The van der Waals surface area contributed by atoms with Gasteiger partial charge in [-0.25, -0.2) is 4.98 Å². The van der Waals surface area contributed by atoms with Crippen LogP contribution in [0.3, 0.4) is 0 Å². The summed E-state index contributed by atoms with van der Waals surface area (Å²) in [4.78, 5) is 27.8. The summed E-state index contributed by atoms with van der Waals surface area (Å²) in [6.45, 7) is 4.19. The number of thiazole rings is 1. The number of amides is 1. The molecule has 128 valence electrons. The Morgan fingerprint density at radius 2 is 2.00 bits per heavy atom. The van der Waals surface area contributed by atoms with Crippen LogP contribution in [0.2, 0.25) is 0 Å². The number of hydrogen-bond donors (Lipinski definition) is 1. The van der Waals surface area contributed by atoms with Crippen molar-refractivity contribution in [2.45, 2.75) is 46.1 Å². The third-order valence-corrected chi connectivity index (χ3v) is 4.26. The fourth-order valence-electron chi connectivity index (χ4n) is 2.02. The number of benzene rings is 1. The number of rotatable bonds is 8. The highest BCUT2D eigenvalue weighted by Crippen LogP contribution is 2.14. The highest BCUT2D eigenvalue weighted by atomic mass is 32.1. The lowest BCUT2D eigenvalue weighted by Crippen LogP contribution is -2.14. The van der Waals surface area contributed by atoms with Crippen LogP contribution in [-0.4, -0.2) is 16.9 Å². The lowest BCUT2D eigenvalue weighted by atomic mass is 10.2. The van der Waals surface area contributed by atoms with Gasteiger partial charge in [0.2, 0.25) is 5.91 Å². The van der Waals surface area contributed by atoms with Gasteiger partial charge in [-0.05, 0) is 25.5 Å². The van der Waals surface area contributed by atoms with Gasteiger partial charge in [-0.2, -0.15) is 0 Å². The number of carbonyl (C=O) groups is 2. The van der Waals surface area contributed by atoms with Crippen molar-refractivity contribution in [3.8, 4) is 0 Å². The molecular formula is C18H22N2O3S. The number of unbranched alkanes of at least 4 members (excludes halogenated alkanes) is 1. The zero-order valence-corrected chi connectivity index (χ0v) is 14.8. The molecule has 0 aliphatic carbocycles. The second-order valence-electron chi connectivity index (χ2n) is 5.59. The number of esters is 1. The molecule has 1 aromatic heterocycles. The fourth-order valence-corrected chi connectivity index (χ4v) is 2.80. The van der Waals surface area contributed by atoms with Gasteiger partial charge in [0.15, 0.2) is 0 Å². The molecule has 2 rings (SSSR count). The SMILES string of the molecule is CCCCC(=O)OCc1csc(CC(=O)Nc2ccc(C)cc2)n1. The molecule has 1 heterocycles. The van der Waals surface area contributed by atoms with Gasteiger partial charge in [0.05, 0.1) is 12.1 Å². The summed E-state index contributed by atoms with van der Waals surface area (Å²) in [6, 6.07) is 7.64. The zero-order valence-electron chi connectivity index (χ0n) is 14.0. The smallest absolute Gasteiger partial charge is 0.306 e. The topological polar surface area (TPSA) is 68.3 Å². The molecule has 0 saturated heterocycles. The fraction of sp³-hybridized carbons (Fsp3) is 0.389. The molecule has 5 nitrogen and oxygen atoms in total. The normalized spacial score (nSPS) is 10.4. The van der Waals surface area contributed by atoms with Crippen LogP contribution in [0.25, 0.3) is 0 Å². The molecule has 0 bridgehead atoms. The van der Waals surface area contributed by atoms with Crippen LogP contribution in [-0.2, 0) is 27.4 Å². The molecule has 1 amide bonds. The van der Waals surface area contributed by atoms with Crippen molar-refractivity contribution in [1.29, 1.82) is 0 Å². The van der Waals surface area contributed by atoms with Crippen LogP contribution in [0, 0.1) is 6.92 Å². The van der Waals surface area contributed by atoms with Crippen molar-refractivity contribution in [1.82, 2.24) is 4.98 Å². The van der Waals surface area contributed by atoms with E-state index in [2.05, 4.69) is 10.3 Å². The van der Waals surface area contributed by atoms with Crippen LogP contribution in [0.4, 0.5) is 5.69 Å². The molecule has 0 aliphatic rings. The molecular weight excluding hydrogens is 324 g/mol. The third kappa shape index (κ3) is 6.12. The second-order valence-corrected chi connectivity index (χ2v) is 6.53. The number of nitrogens with one attached hydrogen (secondary N) is 1. The Kier molecular flexibility index (Phi) is 6.93. The lowest BCUT2D eigenvalue weighted by molar-refractivity contribution is -0.145. The van der Waals surface area contributed by atoms with Gasteiger partial charge in [0.25, 0.3) is 0 Å². The van der Waals surface area contributed by atoms with Crippen molar-refractivity contribution < 1.29 is 14.3 Å². The van der Waals surface area contributed by atoms with E-state index < -0.39 is 0 Å². The van der Waals surface area contributed by atoms with E-state index >= 15 is 0 Å². The van der Waals surface area contributed by atoms with Gasteiger partial charge >= 0.3 is 5.97 Å². The van der Waals surface area contributed by atoms with Gasteiger partial charge in [0.1, 0.15) is 11.6 Å². The summed E-state index contributed by atoms with van der Waals surface area (Å²) >= 11 is 1.40. The van der Waals surface area contributed by atoms with Crippen molar-refractivity contribution in [3.63, 3.8) is 0 Å². The second kappa shape index (κ2) is 9.17. The van der Waals surface area contributed by atoms with Crippen LogP contribution >= 0.6 is 11.3 Å². The summed E-state index contributed by atoms with van der Waals surface area (Å²) in [6.07, 6.45) is 2.45. The number of aromatic nitrogens is 1. The van der Waals surface area contributed by atoms with Crippen molar-refractivity contribution in [2.75, 3.05) is 5.32 Å². The highest BCUT2D eigenvalue weighted by molar-refractivity contribution is 7.09. The summed E-state index contributed by atoms with van der Waals surface area (Å²) in [5.41, 5.74) is 2.60. The number of anilines is 1. The van der Waals surface area contributed by atoms with E-state index in [0.29, 0.717) is 17.1 Å². The van der Waals surface area contributed by atoms with Crippen LogP contribution in [0.5, 0.6) is 0 Å². The predicted molar refractivity (Wildman–Crippen MR) is 94.9 cm³/mol. The summed E-state index contributed by atoms with van der Waals surface area (Å²) in [5.74, 6) is -0.316. The minimum absolute atomic E-state index is 0.111. The van der Waals surface area contributed by atoms with Gasteiger partial charge in [-0.15, -0.1) is 11.3 Å². The van der Waals surface area contributed by atoms with E-state index in [1.54, 1.807) is 0 Å². The predicted octanol–water partition coefficient (Wildman–Crippen LogP) is 3.87. The molecule has 2 aromatic rings. The Hall–Kier alpha value is -2.21. The maximum atomic E-state index is 12.0. The molecule has 0 atom stereocenters. The Morgan fingerprint density at radius 3 is 2.71 bits per heavy atom. The third-order valence-electron chi connectivity index (χ3n) is 3.36. The van der Waals surface area contributed by atoms with E-state index in [4.69, 9.17) is 4.74 Å². The first-order chi connectivity index (χ1) is 11.6. The minimum atomic E-state index is -0.205. The summed E-state index contributed by atoms with van der Waals surface area (Å²) in [5, 5.41) is 5.37. The summed E-state index contributed by atoms with van der Waals surface area (Å²) in [7, 11) is 0. The number of ether oxygens (including phenoxy) is 1. The van der Waals surface area contributed by atoms with Crippen molar-refractivity contribution in [3.05, 3.63) is 45.9 Å². The van der Waals surface area contributed by atoms with Crippen LogP contribution < -0.4 is 5.32 Å². The minimum Gasteiger partial charge on any atom is -0.459 e. The number of aryl methyl sites for hydroxylation is 1. The first kappa shape index (κ1) is 18.1. The maximum absolute atomic E-state index is 12.0. The quantitative estimate of drug-likeness (QED) is 0.737. The maximum Gasteiger partial charge on any atom is 0.306 e. The molecule has 0 spiro atoms. The monoisotopic (exact) mass is 346 g/mol. The van der Waals surface area contributed by atoms with E-state index in [9.17, 15) is 9.59 Å². The lowest BCUT2D eigenvalue weighted by Gasteiger charge is -2.04. The zero-order chi connectivity index (χ0) is 17.4. The van der Waals surface area contributed by atoms with E-state index in [1.165, 1.54) is 11.3 Å². The average Bonchev–Trinajstić information content (AvgIpc) is 3.00. The Balaban J connectivity index is 1.79. The average molecular weight is 346 g/mol. The van der Waals surface area contributed by atoms with Crippen molar-refractivity contribution >= 4 is 28.9 Å². The van der Waals surface area contributed by atoms with Gasteiger partial charge in [-0.1, -0.05) is 31.0 Å². The van der Waals surface area contributed by atoms with E-state index in [-0.39, 0.29) is 24.9 Å². The molecule has 24 heavy (non-hydrogen) atoms. The van der Waals surface area contributed by atoms with Gasteiger partial charge in [-0.3, -0.25) is 9.59 Å². The van der Waals surface area contributed by atoms with Gasteiger partial charge < -0.3 is 10.1 Å². The van der Waals surface area contributed by atoms with Crippen LogP contribution in [0.1, 0.15) is 42.5 Å². The molecule has 0 radical (unpaired) electrons. The molecule has 1 aromatic carbocycles. The van der Waals surface area contributed by atoms with E-state index in [1.807, 2.05) is 43.5 Å². The first-order valence-corrected chi connectivity index (χ1v) is 8.90. The standard InChI is InChI=1S/C18H22N2O3S/c1-3-4-5-18(22)23-11-15-12-24-17(20-15)10-16(21)19-14-8-6-13(2)7-9-14/h6-9,12H,3-5,10-11H2,1-2H3,(H,19,21). The van der Waals surface area contributed by atoms with Gasteiger partial charge in [0, 0.05) is 17.5 Å². The Morgan fingerprint density at radius 1 is 1.25 bits per heavy atom. The Bertz CT molecular complexity index is 680. The molecule has 0 saturated carbocycles. The Labute approximate surface area is 146 Å². The first-order valence-electron chi connectivity index (χ1n) is 8.02. The number of carbonyl (C=O) groups excluding carboxylic acids is 2. The molecule has 0 aliphatic heterocycles. The summed E-state index contributed by atoms with van der Waals surface area (Å²) < 4.78 is 5.16. The molecule has 6 heteroatoms.